The van der Waals surface area contributed by atoms with Crippen LogP contribution in [0.4, 0.5) is 0 Å². The van der Waals surface area contributed by atoms with E-state index in [-0.39, 0.29) is 0 Å². The fourth-order valence-corrected chi connectivity index (χ4v) is 10.9. The smallest absolute Gasteiger partial charge is 0.161 e. The van der Waals surface area contributed by atoms with Crippen molar-refractivity contribution in [3.05, 3.63) is 216 Å². The van der Waals surface area contributed by atoms with E-state index in [2.05, 4.69) is 194 Å². The Balaban J connectivity index is 1.11. The van der Waals surface area contributed by atoms with Crippen molar-refractivity contribution in [3.8, 4) is 66.6 Å². The molecule has 0 radical (unpaired) electrons. The zero-order chi connectivity index (χ0) is 36.8. The molecule has 0 saturated carbocycles. The van der Waals surface area contributed by atoms with Crippen molar-refractivity contribution in [3.63, 3.8) is 0 Å². The van der Waals surface area contributed by atoms with Crippen molar-refractivity contribution in [2.75, 3.05) is 0 Å². The Morgan fingerprint density at radius 1 is 0.375 bits per heavy atom. The second kappa shape index (κ2) is 12.0. The summed E-state index contributed by atoms with van der Waals surface area (Å²) in [7, 11) is 0. The van der Waals surface area contributed by atoms with Crippen LogP contribution in [0.1, 0.15) is 22.3 Å². The molecule has 1 unspecified atom stereocenters. The molecule has 0 N–H and O–H groups in total. The normalized spacial score (nSPS) is 14.9. The summed E-state index contributed by atoms with van der Waals surface area (Å²) in [6.07, 6.45) is 0. The first-order valence-corrected chi connectivity index (χ1v) is 20.0. The minimum absolute atomic E-state index is 0.431. The van der Waals surface area contributed by atoms with Crippen LogP contribution in [-0.4, -0.2) is 9.97 Å². The number of rotatable bonds is 4. The Labute approximate surface area is 329 Å². The van der Waals surface area contributed by atoms with Crippen molar-refractivity contribution in [2.24, 2.45) is 0 Å². The Bertz CT molecular complexity index is 3210. The molecule has 56 heavy (non-hydrogen) atoms. The summed E-state index contributed by atoms with van der Waals surface area (Å²) in [5.74, 6) is 0.718. The largest absolute Gasteiger partial charge is 0.228 e. The second-order valence-corrected chi connectivity index (χ2v) is 15.9. The molecule has 0 fully saturated rings. The molecule has 1 atom stereocenters. The molecule has 0 amide bonds. The lowest BCUT2D eigenvalue weighted by Gasteiger charge is -2.30. The standard InChI is InChI=1S/C53H32N2S/c1-2-16-34(17-3-1)47-32-48(55-52(54-47)41-25-14-18-33-15-4-5-19-36(33)41)40-22-7-6-20-37(40)35-29-30-39-38-21-8-11-26-44(38)53(46(39)31-35)45-27-12-9-23-42(45)51-50(53)43-24-10-13-28-49(43)56-51/h1-32H. The maximum atomic E-state index is 5.39. The second-order valence-electron chi connectivity index (χ2n) is 14.8. The number of hydrogen-bond donors (Lipinski definition) is 0. The molecule has 3 heteroatoms. The van der Waals surface area contributed by atoms with Gasteiger partial charge in [0.05, 0.1) is 16.8 Å². The molecule has 2 aromatic heterocycles. The van der Waals surface area contributed by atoms with Gasteiger partial charge in [0.1, 0.15) is 0 Å². The van der Waals surface area contributed by atoms with Crippen LogP contribution >= 0.6 is 11.3 Å². The van der Waals surface area contributed by atoms with E-state index in [4.69, 9.17) is 9.97 Å². The zero-order valence-corrected chi connectivity index (χ0v) is 31.1. The summed E-state index contributed by atoms with van der Waals surface area (Å²) in [6.45, 7) is 0. The third kappa shape index (κ3) is 4.38. The van der Waals surface area contributed by atoms with E-state index in [1.165, 1.54) is 64.9 Å². The van der Waals surface area contributed by atoms with Gasteiger partial charge in [-0.05, 0) is 84.4 Å². The third-order valence-electron chi connectivity index (χ3n) is 11.9. The lowest BCUT2D eigenvalue weighted by molar-refractivity contribution is 0.803. The van der Waals surface area contributed by atoms with Gasteiger partial charge in [-0.2, -0.15) is 0 Å². The molecule has 1 spiro atoms. The molecule has 10 aromatic rings. The minimum atomic E-state index is -0.431. The van der Waals surface area contributed by atoms with Crippen LogP contribution in [0.15, 0.2) is 194 Å². The summed E-state index contributed by atoms with van der Waals surface area (Å²) in [4.78, 5) is 12.0. The predicted octanol–water partition coefficient (Wildman–Crippen LogP) is 13.9. The highest BCUT2D eigenvalue weighted by Crippen LogP contribution is 2.66. The molecule has 260 valence electrons. The van der Waals surface area contributed by atoms with Crippen LogP contribution in [-0.2, 0) is 5.41 Å². The fourth-order valence-electron chi connectivity index (χ4n) is 9.60. The van der Waals surface area contributed by atoms with Gasteiger partial charge in [0.2, 0.25) is 0 Å². The average Bonchev–Trinajstić information content (AvgIpc) is 3.90. The number of aromatic nitrogens is 2. The molecule has 12 rings (SSSR count). The number of benzene rings is 8. The molecule has 8 aromatic carbocycles. The van der Waals surface area contributed by atoms with E-state index in [9.17, 15) is 0 Å². The minimum Gasteiger partial charge on any atom is -0.228 e. The van der Waals surface area contributed by atoms with Crippen LogP contribution in [0, 0.1) is 0 Å². The fraction of sp³-hybridized carbons (Fsp3) is 0.0189. The Hall–Kier alpha value is -6.94. The first-order chi connectivity index (χ1) is 27.8. The molecular formula is C53H32N2S. The van der Waals surface area contributed by atoms with Crippen molar-refractivity contribution in [1.82, 2.24) is 9.97 Å². The van der Waals surface area contributed by atoms with Crippen molar-refractivity contribution < 1.29 is 0 Å². The monoisotopic (exact) mass is 728 g/mol. The molecule has 2 nitrogen and oxygen atoms in total. The summed E-state index contributed by atoms with van der Waals surface area (Å²) < 4.78 is 1.33. The Kier molecular flexibility index (Phi) is 6.75. The van der Waals surface area contributed by atoms with Crippen LogP contribution in [0.25, 0.3) is 87.5 Å². The average molecular weight is 729 g/mol. The van der Waals surface area contributed by atoms with Gasteiger partial charge in [-0.25, -0.2) is 9.97 Å². The van der Waals surface area contributed by atoms with Crippen molar-refractivity contribution >= 4 is 32.2 Å². The highest BCUT2D eigenvalue weighted by atomic mass is 32.1. The number of fused-ring (bicyclic) bond motifs is 13. The number of thiophene rings is 1. The molecule has 0 saturated heterocycles. The maximum absolute atomic E-state index is 5.39. The quantitative estimate of drug-likeness (QED) is 0.180. The first kappa shape index (κ1) is 31.4. The molecule has 2 aliphatic rings. The van der Waals surface area contributed by atoms with E-state index in [0.717, 1.165) is 44.9 Å². The summed E-state index contributed by atoms with van der Waals surface area (Å²) in [5.41, 5.74) is 16.3. The Morgan fingerprint density at radius 3 is 1.84 bits per heavy atom. The van der Waals surface area contributed by atoms with Crippen LogP contribution in [0.5, 0.6) is 0 Å². The van der Waals surface area contributed by atoms with Gasteiger partial charge in [0.25, 0.3) is 0 Å². The van der Waals surface area contributed by atoms with Gasteiger partial charge >= 0.3 is 0 Å². The van der Waals surface area contributed by atoms with Gasteiger partial charge in [-0.15, -0.1) is 11.3 Å². The number of hydrogen-bond acceptors (Lipinski definition) is 3. The molecule has 2 aliphatic carbocycles. The summed E-state index contributed by atoms with van der Waals surface area (Å²) in [5, 5.41) is 3.65. The van der Waals surface area contributed by atoms with Crippen LogP contribution < -0.4 is 0 Å². The lowest BCUT2D eigenvalue weighted by Crippen LogP contribution is -2.25. The molecule has 2 heterocycles. The highest BCUT2D eigenvalue weighted by molar-refractivity contribution is 7.22. The van der Waals surface area contributed by atoms with Crippen molar-refractivity contribution in [2.45, 2.75) is 5.41 Å². The number of nitrogens with zero attached hydrogens (tertiary/aromatic N) is 2. The lowest BCUT2D eigenvalue weighted by atomic mass is 9.69. The van der Waals surface area contributed by atoms with Crippen LogP contribution in [0.3, 0.4) is 0 Å². The van der Waals surface area contributed by atoms with E-state index >= 15 is 0 Å². The molecule has 0 bridgehead atoms. The van der Waals surface area contributed by atoms with E-state index in [0.29, 0.717) is 0 Å². The SMILES string of the molecule is c1ccc(-c2cc(-c3ccccc3-c3ccc4c(c3)C3(c5ccccc5-4)c4ccccc4-c4sc5ccccc5c43)nc(-c3cccc4ccccc34)n2)cc1. The van der Waals surface area contributed by atoms with Gasteiger partial charge in [0, 0.05) is 26.3 Å². The van der Waals surface area contributed by atoms with Gasteiger partial charge < -0.3 is 0 Å². The van der Waals surface area contributed by atoms with E-state index in [1.807, 2.05) is 11.3 Å². The van der Waals surface area contributed by atoms with Gasteiger partial charge in [-0.3, -0.25) is 0 Å². The highest BCUT2D eigenvalue weighted by Gasteiger charge is 2.53. The van der Waals surface area contributed by atoms with E-state index < -0.39 is 5.41 Å². The summed E-state index contributed by atoms with van der Waals surface area (Å²) in [6, 6.07) is 70.5. The first-order valence-electron chi connectivity index (χ1n) is 19.2. The third-order valence-corrected chi connectivity index (χ3v) is 13.1. The zero-order valence-electron chi connectivity index (χ0n) is 30.3. The molecular weight excluding hydrogens is 697 g/mol. The summed E-state index contributed by atoms with van der Waals surface area (Å²) >= 11 is 1.92. The van der Waals surface area contributed by atoms with E-state index in [1.54, 1.807) is 0 Å². The molecule has 0 aliphatic heterocycles. The predicted molar refractivity (Wildman–Crippen MR) is 233 cm³/mol. The topological polar surface area (TPSA) is 25.8 Å². The maximum Gasteiger partial charge on any atom is 0.161 e. The van der Waals surface area contributed by atoms with Gasteiger partial charge in [-0.1, -0.05) is 176 Å². The Morgan fingerprint density at radius 2 is 0.982 bits per heavy atom. The van der Waals surface area contributed by atoms with Gasteiger partial charge in [0.15, 0.2) is 5.82 Å². The van der Waals surface area contributed by atoms with Crippen molar-refractivity contribution in [1.29, 1.82) is 0 Å². The van der Waals surface area contributed by atoms with Crippen LogP contribution in [0.2, 0.25) is 0 Å².